The minimum absolute atomic E-state index is 0.00253. The molecule has 20 heavy (non-hydrogen) atoms. The standard InChI is InChI=1S/C15H19NO3S/c1-3-19-14(18)9-16-11(2)15(20-10-13(16)17)12-7-5-4-6-8-12/h4-8,11,15H,3,9-10H2,1-2H3. The number of esters is 1. The molecule has 0 bridgehead atoms. The molecule has 0 radical (unpaired) electrons. The van der Waals surface area contributed by atoms with Gasteiger partial charge in [0.2, 0.25) is 5.91 Å². The van der Waals surface area contributed by atoms with Gasteiger partial charge in [-0.15, -0.1) is 11.8 Å². The zero-order chi connectivity index (χ0) is 14.5. The fourth-order valence-electron chi connectivity index (χ4n) is 2.37. The number of rotatable bonds is 4. The molecule has 1 aliphatic heterocycles. The molecule has 1 amide bonds. The third-order valence-electron chi connectivity index (χ3n) is 3.37. The first-order chi connectivity index (χ1) is 9.63. The molecule has 0 saturated carbocycles. The minimum atomic E-state index is -0.341. The Labute approximate surface area is 123 Å². The molecule has 4 nitrogen and oxygen atoms in total. The van der Waals surface area contributed by atoms with E-state index in [0.717, 1.165) is 0 Å². The van der Waals surface area contributed by atoms with E-state index >= 15 is 0 Å². The van der Waals surface area contributed by atoms with Gasteiger partial charge in [0.1, 0.15) is 6.54 Å². The SMILES string of the molecule is CCOC(=O)CN1C(=O)CSC(c2ccccc2)C1C. The molecule has 2 atom stereocenters. The van der Waals surface area contributed by atoms with E-state index in [1.807, 2.05) is 25.1 Å². The van der Waals surface area contributed by atoms with Gasteiger partial charge >= 0.3 is 5.97 Å². The summed E-state index contributed by atoms with van der Waals surface area (Å²) in [6, 6.07) is 10.1. The number of amides is 1. The number of benzene rings is 1. The Hall–Kier alpha value is -1.49. The Morgan fingerprint density at radius 3 is 2.75 bits per heavy atom. The number of hydrogen-bond acceptors (Lipinski definition) is 4. The normalized spacial score (nSPS) is 22.7. The van der Waals surface area contributed by atoms with Crippen LogP contribution < -0.4 is 0 Å². The van der Waals surface area contributed by atoms with Crippen molar-refractivity contribution < 1.29 is 14.3 Å². The molecule has 1 fully saturated rings. The lowest BCUT2D eigenvalue weighted by molar-refractivity contribution is -0.149. The molecule has 0 spiro atoms. The van der Waals surface area contributed by atoms with Crippen LogP contribution in [-0.4, -0.2) is 41.7 Å². The second-order valence-corrected chi connectivity index (χ2v) is 5.84. The lowest BCUT2D eigenvalue weighted by atomic mass is 10.0. The first-order valence-corrected chi connectivity index (χ1v) is 7.80. The summed E-state index contributed by atoms with van der Waals surface area (Å²) in [5, 5.41) is 0.198. The fourth-order valence-corrected chi connectivity index (χ4v) is 3.63. The van der Waals surface area contributed by atoms with Crippen LogP contribution in [-0.2, 0) is 14.3 Å². The van der Waals surface area contributed by atoms with Crippen molar-refractivity contribution in [2.75, 3.05) is 18.9 Å². The molecule has 0 N–H and O–H groups in total. The highest BCUT2D eigenvalue weighted by Gasteiger charge is 2.35. The van der Waals surface area contributed by atoms with Crippen LogP contribution in [0.4, 0.5) is 0 Å². The van der Waals surface area contributed by atoms with Gasteiger partial charge in [-0.1, -0.05) is 30.3 Å². The third-order valence-corrected chi connectivity index (χ3v) is 4.81. The quantitative estimate of drug-likeness (QED) is 0.799. The summed E-state index contributed by atoms with van der Waals surface area (Å²) in [7, 11) is 0. The van der Waals surface area contributed by atoms with Gasteiger partial charge in [-0.25, -0.2) is 0 Å². The molecular formula is C15H19NO3S. The molecule has 0 aliphatic carbocycles. The van der Waals surface area contributed by atoms with Crippen molar-refractivity contribution in [1.29, 1.82) is 0 Å². The maximum absolute atomic E-state index is 12.0. The van der Waals surface area contributed by atoms with Gasteiger partial charge in [-0.2, -0.15) is 0 Å². The van der Waals surface area contributed by atoms with E-state index in [2.05, 4.69) is 12.1 Å². The second kappa shape index (κ2) is 6.79. The molecule has 1 saturated heterocycles. The van der Waals surface area contributed by atoms with Crippen molar-refractivity contribution in [3.63, 3.8) is 0 Å². The number of thioether (sulfide) groups is 1. The summed E-state index contributed by atoms with van der Waals surface area (Å²) in [6.07, 6.45) is 0. The fraction of sp³-hybridized carbons (Fsp3) is 0.467. The van der Waals surface area contributed by atoms with Crippen molar-refractivity contribution >= 4 is 23.6 Å². The largest absolute Gasteiger partial charge is 0.465 e. The summed E-state index contributed by atoms with van der Waals surface area (Å²) in [5.74, 6) is 0.0673. The van der Waals surface area contributed by atoms with Gasteiger partial charge in [-0.05, 0) is 19.4 Å². The molecule has 0 aromatic heterocycles. The van der Waals surface area contributed by atoms with Crippen molar-refractivity contribution in [2.45, 2.75) is 25.1 Å². The number of hydrogen-bond donors (Lipinski definition) is 0. The summed E-state index contributed by atoms with van der Waals surface area (Å²) < 4.78 is 4.94. The van der Waals surface area contributed by atoms with Crippen molar-refractivity contribution in [3.05, 3.63) is 35.9 Å². The Balaban J connectivity index is 2.11. The average Bonchev–Trinajstić information content (AvgIpc) is 2.45. The first kappa shape index (κ1) is 14.9. The Morgan fingerprint density at radius 1 is 1.40 bits per heavy atom. The highest BCUT2D eigenvalue weighted by molar-refractivity contribution is 8.00. The van der Waals surface area contributed by atoms with Crippen LogP contribution in [0.15, 0.2) is 30.3 Å². The van der Waals surface area contributed by atoms with Gasteiger partial charge in [0.15, 0.2) is 0 Å². The molecule has 1 aromatic carbocycles. The Morgan fingerprint density at radius 2 is 2.10 bits per heavy atom. The molecule has 1 heterocycles. The van der Waals surface area contributed by atoms with Crippen LogP contribution in [0.2, 0.25) is 0 Å². The molecule has 2 rings (SSSR count). The Kier molecular flexibility index (Phi) is 5.06. The van der Waals surface area contributed by atoms with Gasteiger partial charge in [0, 0.05) is 6.04 Å². The van der Waals surface area contributed by atoms with Crippen LogP contribution in [0.5, 0.6) is 0 Å². The molecule has 1 aliphatic rings. The van der Waals surface area contributed by atoms with E-state index in [9.17, 15) is 9.59 Å². The monoisotopic (exact) mass is 293 g/mol. The number of ether oxygens (including phenoxy) is 1. The number of carbonyl (C=O) groups is 2. The van der Waals surface area contributed by atoms with Crippen LogP contribution in [0.1, 0.15) is 24.7 Å². The van der Waals surface area contributed by atoms with Crippen LogP contribution in [0.25, 0.3) is 0 Å². The zero-order valence-electron chi connectivity index (χ0n) is 11.7. The van der Waals surface area contributed by atoms with Crippen molar-refractivity contribution in [1.82, 2.24) is 4.90 Å². The smallest absolute Gasteiger partial charge is 0.325 e. The lowest BCUT2D eigenvalue weighted by Crippen LogP contribution is -2.48. The van der Waals surface area contributed by atoms with Crippen LogP contribution >= 0.6 is 11.8 Å². The maximum atomic E-state index is 12.0. The third kappa shape index (κ3) is 3.33. The maximum Gasteiger partial charge on any atom is 0.325 e. The topological polar surface area (TPSA) is 46.6 Å². The van der Waals surface area contributed by atoms with E-state index in [1.54, 1.807) is 23.6 Å². The van der Waals surface area contributed by atoms with Gasteiger partial charge in [0.05, 0.1) is 17.6 Å². The Bertz CT molecular complexity index is 477. The van der Waals surface area contributed by atoms with E-state index in [0.29, 0.717) is 12.4 Å². The van der Waals surface area contributed by atoms with Crippen molar-refractivity contribution in [3.8, 4) is 0 Å². The summed E-state index contributed by atoms with van der Waals surface area (Å²) in [6.45, 7) is 4.13. The highest BCUT2D eigenvalue weighted by atomic mass is 32.2. The number of carbonyl (C=O) groups excluding carboxylic acids is 2. The highest BCUT2D eigenvalue weighted by Crippen LogP contribution is 2.38. The summed E-state index contributed by atoms with van der Waals surface area (Å²) >= 11 is 1.63. The van der Waals surface area contributed by atoms with E-state index in [-0.39, 0.29) is 29.7 Å². The summed E-state index contributed by atoms with van der Waals surface area (Å²) in [5.41, 5.74) is 1.19. The predicted molar refractivity (Wildman–Crippen MR) is 79.4 cm³/mol. The second-order valence-electron chi connectivity index (χ2n) is 4.71. The molecule has 2 unspecified atom stereocenters. The van der Waals surface area contributed by atoms with E-state index in [1.165, 1.54) is 5.56 Å². The van der Waals surface area contributed by atoms with Gasteiger partial charge in [-0.3, -0.25) is 9.59 Å². The number of nitrogens with zero attached hydrogens (tertiary/aromatic N) is 1. The van der Waals surface area contributed by atoms with E-state index in [4.69, 9.17) is 4.74 Å². The molecule has 1 aromatic rings. The average molecular weight is 293 g/mol. The minimum Gasteiger partial charge on any atom is -0.465 e. The molecule has 5 heteroatoms. The van der Waals surface area contributed by atoms with Crippen LogP contribution in [0, 0.1) is 0 Å². The molecular weight excluding hydrogens is 274 g/mol. The van der Waals surface area contributed by atoms with Crippen LogP contribution in [0.3, 0.4) is 0 Å². The lowest BCUT2D eigenvalue weighted by Gasteiger charge is -2.38. The zero-order valence-corrected chi connectivity index (χ0v) is 12.6. The van der Waals surface area contributed by atoms with Gasteiger partial charge in [0.25, 0.3) is 0 Å². The van der Waals surface area contributed by atoms with E-state index < -0.39 is 0 Å². The summed E-state index contributed by atoms with van der Waals surface area (Å²) in [4.78, 5) is 25.3. The van der Waals surface area contributed by atoms with Crippen molar-refractivity contribution in [2.24, 2.45) is 0 Å². The van der Waals surface area contributed by atoms with Gasteiger partial charge < -0.3 is 9.64 Å². The molecule has 108 valence electrons. The first-order valence-electron chi connectivity index (χ1n) is 6.75. The predicted octanol–water partition coefficient (Wildman–Crippen LogP) is 2.25.